The van der Waals surface area contributed by atoms with Gasteiger partial charge < -0.3 is 0 Å². The molecule has 11 heavy (non-hydrogen) atoms. The molecule has 0 spiro atoms. The van der Waals surface area contributed by atoms with Gasteiger partial charge in [0.05, 0.1) is 0 Å². The van der Waals surface area contributed by atoms with E-state index in [1.165, 1.54) is 9.78 Å². The number of benzene rings is 1. The molecule has 0 saturated carbocycles. The van der Waals surface area contributed by atoms with E-state index in [0.29, 0.717) is 0 Å². The third kappa shape index (κ3) is 2.21. The van der Waals surface area contributed by atoms with Gasteiger partial charge in [-0.1, -0.05) is 0 Å². The summed E-state index contributed by atoms with van der Waals surface area (Å²) in [7, 11) is 0. The molecule has 0 N–H and O–H groups in total. The molecule has 0 aliphatic carbocycles. The van der Waals surface area contributed by atoms with Crippen molar-refractivity contribution >= 4 is 18.4 Å². The van der Waals surface area contributed by atoms with Crippen LogP contribution in [-0.2, 0) is 0 Å². The van der Waals surface area contributed by atoms with E-state index in [9.17, 15) is 0 Å². The SMILES string of the molecule is C=C[Se+](CC)c1ccccc1. The van der Waals surface area contributed by atoms with E-state index in [-0.39, 0.29) is 0 Å². The summed E-state index contributed by atoms with van der Waals surface area (Å²) in [6, 6.07) is 10.7. The molecule has 1 atom stereocenters. The van der Waals surface area contributed by atoms with Crippen LogP contribution in [0.15, 0.2) is 41.9 Å². The zero-order valence-electron chi connectivity index (χ0n) is 6.79. The molecule has 0 aliphatic rings. The molecule has 0 amide bonds. The van der Waals surface area contributed by atoms with Crippen molar-refractivity contribution in [2.45, 2.75) is 12.2 Å². The molecule has 1 heteroatoms. The zero-order valence-corrected chi connectivity index (χ0v) is 8.50. The molecule has 1 unspecified atom stereocenters. The Labute approximate surface area is 72.8 Å². The average molecular weight is 212 g/mol. The Morgan fingerprint density at radius 2 is 2.00 bits per heavy atom. The van der Waals surface area contributed by atoms with Gasteiger partial charge in [0.1, 0.15) is 0 Å². The van der Waals surface area contributed by atoms with Gasteiger partial charge in [-0.2, -0.15) is 0 Å². The summed E-state index contributed by atoms with van der Waals surface area (Å²) in [5.41, 5.74) is 0. The van der Waals surface area contributed by atoms with E-state index >= 15 is 0 Å². The Hall–Kier alpha value is -0.521. The average Bonchev–Trinajstić information content (AvgIpc) is 2.09. The van der Waals surface area contributed by atoms with Crippen LogP contribution in [0.1, 0.15) is 6.92 Å². The fourth-order valence-electron chi connectivity index (χ4n) is 0.976. The second kappa shape index (κ2) is 4.38. The first-order valence-corrected chi connectivity index (χ1v) is 6.81. The summed E-state index contributed by atoms with van der Waals surface area (Å²) >= 11 is -0.655. The van der Waals surface area contributed by atoms with Crippen molar-refractivity contribution in [2.24, 2.45) is 0 Å². The summed E-state index contributed by atoms with van der Waals surface area (Å²) in [6.07, 6.45) is 0. The molecule has 1 aromatic carbocycles. The molecule has 0 saturated heterocycles. The summed E-state index contributed by atoms with van der Waals surface area (Å²) in [4.78, 5) is 2.13. The normalized spacial score (nSPS) is 12.5. The Kier molecular flexibility index (Phi) is 3.41. The topological polar surface area (TPSA) is 0 Å². The van der Waals surface area contributed by atoms with Crippen molar-refractivity contribution in [2.75, 3.05) is 0 Å². The fraction of sp³-hybridized carbons (Fsp3) is 0.200. The number of rotatable bonds is 3. The molecular formula is C10H13Se+. The second-order valence-corrected chi connectivity index (χ2v) is 6.90. The maximum atomic E-state index is 3.86. The van der Waals surface area contributed by atoms with Crippen molar-refractivity contribution in [3.8, 4) is 0 Å². The van der Waals surface area contributed by atoms with Crippen LogP contribution < -0.4 is 4.46 Å². The van der Waals surface area contributed by atoms with Gasteiger partial charge in [0, 0.05) is 0 Å². The van der Waals surface area contributed by atoms with Crippen LogP contribution in [0.5, 0.6) is 0 Å². The maximum absolute atomic E-state index is 3.86. The zero-order chi connectivity index (χ0) is 8.10. The first-order valence-electron chi connectivity index (χ1n) is 3.75. The Balaban J connectivity index is 2.82. The molecule has 0 fully saturated rings. The van der Waals surface area contributed by atoms with Gasteiger partial charge in [-0.3, -0.25) is 0 Å². The summed E-state index contributed by atoms with van der Waals surface area (Å²) in [6.45, 7) is 6.10. The Bertz CT molecular complexity index is 216. The van der Waals surface area contributed by atoms with Gasteiger partial charge in [-0.05, 0) is 0 Å². The van der Waals surface area contributed by atoms with Crippen LogP contribution in [0.3, 0.4) is 0 Å². The Morgan fingerprint density at radius 3 is 2.45 bits per heavy atom. The standard InChI is InChI=1S/C10H13Se/c1-3-11(4-2)10-8-6-5-7-9-10/h3,5-9H,1,4H2,2H3/q+1. The summed E-state index contributed by atoms with van der Waals surface area (Å²) in [5.74, 6) is 0. The van der Waals surface area contributed by atoms with Crippen molar-refractivity contribution < 1.29 is 0 Å². The van der Waals surface area contributed by atoms with Gasteiger partial charge >= 0.3 is 72.5 Å². The molecule has 58 valence electrons. The molecule has 0 bridgehead atoms. The number of hydrogen-bond donors (Lipinski definition) is 0. The third-order valence-electron chi connectivity index (χ3n) is 1.56. The Morgan fingerprint density at radius 1 is 1.36 bits per heavy atom. The quantitative estimate of drug-likeness (QED) is 0.673. The van der Waals surface area contributed by atoms with Crippen molar-refractivity contribution in [3.63, 3.8) is 0 Å². The van der Waals surface area contributed by atoms with Crippen LogP contribution >= 0.6 is 0 Å². The van der Waals surface area contributed by atoms with Crippen LogP contribution in [0.4, 0.5) is 0 Å². The van der Waals surface area contributed by atoms with Gasteiger partial charge in [0.25, 0.3) is 0 Å². The summed E-state index contributed by atoms with van der Waals surface area (Å²) < 4.78 is 1.49. The first-order chi connectivity index (χ1) is 5.38. The molecule has 0 heterocycles. The van der Waals surface area contributed by atoms with E-state index in [0.717, 1.165) is 0 Å². The van der Waals surface area contributed by atoms with Gasteiger partial charge in [-0.15, -0.1) is 0 Å². The predicted molar refractivity (Wildman–Crippen MR) is 52.5 cm³/mol. The first kappa shape index (κ1) is 8.57. The third-order valence-corrected chi connectivity index (χ3v) is 5.55. The van der Waals surface area contributed by atoms with E-state index in [1.807, 2.05) is 0 Å². The number of hydrogen-bond acceptors (Lipinski definition) is 0. The van der Waals surface area contributed by atoms with E-state index < -0.39 is 13.9 Å². The van der Waals surface area contributed by atoms with Crippen LogP contribution in [0.2, 0.25) is 5.32 Å². The molecule has 0 nitrogen and oxygen atoms in total. The summed E-state index contributed by atoms with van der Waals surface area (Å²) in [5, 5.41) is 1.26. The van der Waals surface area contributed by atoms with Gasteiger partial charge in [0.15, 0.2) is 0 Å². The minimum absolute atomic E-state index is 0.655. The van der Waals surface area contributed by atoms with Crippen LogP contribution in [-0.4, -0.2) is 13.9 Å². The second-order valence-electron chi connectivity index (χ2n) is 2.20. The van der Waals surface area contributed by atoms with Gasteiger partial charge in [-0.25, -0.2) is 0 Å². The van der Waals surface area contributed by atoms with Crippen molar-refractivity contribution in [1.82, 2.24) is 0 Å². The molecular weight excluding hydrogens is 199 g/mol. The monoisotopic (exact) mass is 213 g/mol. The van der Waals surface area contributed by atoms with Crippen LogP contribution in [0, 0.1) is 0 Å². The van der Waals surface area contributed by atoms with Crippen molar-refractivity contribution in [1.29, 1.82) is 0 Å². The molecule has 0 aliphatic heterocycles. The van der Waals surface area contributed by atoms with E-state index in [2.05, 4.69) is 48.8 Å². The molecule has 1 aromatic rings. The molecule has 0 aromatic heterocycles. The van der Waals surface area contributed by atoms with Crippen LogP contribution in [0.25, 0.3) is 0 Å². The molecule has 1 rings (SSSR count). The fourth-order valence-corrected chi connectivity index (χ4v) is 3.64. The van der Waals surface area contributed by atoms with Crippen molar-refractivity contribution in [3.05, 3.63) is 41.9 Å². The van der Waals surface area contributed by atoms with E-state index in [1.54, 1.807) is 0 Å². The van der Waals surface area contributed by atoms with E-state index in [4.69, 9.17) is 0 Å². The molecule has 0 radical (unpaired) electrons. The van der Waals surface area contributed by atoms with Gasteiger partial charge in [0.2, 0.25) is 0 Å². The predicted octanol–water partition coefficient (Wildman–Crippen LogP) is 2.13. The minimum atomic E-state index is -0.655.